The molecule has 0 saturated carbocycles. The lowest BCUT2D eigenvalue weighted by Crippen LogP contribution is -2.47. The zero-order chi connectivity index (χ0) is 15.7. The van der Waals surface area contributed by atoms with Crippen molar-refractivity contribution in [1.29, 1.82) is 0 Å². The molecule has 2 rings (SSSR count). The van der Waals surface area contributed by atoms with Crippen LogP contribution in [-0.4, -0.2) is 32.6 Å². The number of ether oxygens (including phenoxy) is 2. The maximum Gasteiger partial charge on any atom is 0.161 e. The second kappa shape index (κ2) is 5.82. The Morgan fingerprint density at radius 2 is 1.86 bits per heavy atom. The first-order valence-corrected chi connectivity index (χ1v) is 8.72. The van der Waals surface area contributed by atoms with Crippen molar-refractivity contribution in [3.63, 3.8) is 0 Å². The van der Waals surface area contributed by atoms with Crippen LogP contribution in [-0.2, 0) is 9.84 Å². The summed E-state index contributed by atoms with van der Waals surface area (Å²) in [6.45, 7) is 4.48. The molecule has 0 amide bonds. The van der Waals surface area contributed by atoms with Gasteiger partial charge in [-0.2, -0.15) is 0 Å². The molecule has 0 radical (unpaired) electrons. The highest BCUT2D eigenvalue weighted by molar-refractivity contribution is 7.92. The van der Waals surface area contributed by atoms with Crippen molar-refractivity contribution in [3.05, 3.63) is 23.8 Å². The van der Waals surface area contributed by atoms with Crippen LogP contribution < -0.4 is 20.7 Å². The average molecular weight is 314 g/mol. The Hall–Kier alpha value is -1.31. The summed E-state index contributed by atoms with van der Waals surface area (Å²) in [5, 5.41) is 0. The lowest BCUT2D eigenvalue weighted by molar-refractivity contribution is 0.296. The van der Waals surface area contributed by atoms with Gasteiger partial charge in [-0.1, -0.05) is 6.07 Å². The molecule has 0 fully saturated rings. The van der Waals surface area contributed by atoms with Gasteiger partial charge in [0.25, 0.3) is 0 Å². The molecule has 0 spiro atoms. The first-order valence-electron chi connectivity index (χ1n) is 6.82. The van der Waals surface area contributed by atoms with E-state index in [1.165, 1.54) is 6.26 Å². The summed E-state index contributed by atoms with van der Waals surface area (Å²) < 4.78 is 34.2. The predicted octanol–water partition coefficient (Wildman–Crippen LogP) is 1.18. The zero-order valence-corrected chi connectivity index (χ0v) is 13.4. The van der Waals surface area contributed by atoms with E-state index in [1.54, 1.807) is 26.0 Å². The van der Waals surface area contributed by atoms with Crippen LogP contribution in [0.15, 0.2) is 18.2 Å². The molecule has 118 valence electrons. The Balaban J connectivity index is 2.42. The molecule has 3 N–H and O–H groups in total. The first-order chi connectivity index (χ1) is 9.77. The van der Waals surface area contributed by atoms with Crippen molar-refractivity contribution in [2.45, 2.75) is 31.1 Å². The molecule has 7 heteroatoms. The summed E-state index contributed by atoms with van der Waals surface area (Å²) in [6.07, 6.45) is 2.03. The summed E-state index contributed by atoms with van der Waals surface area (Å²) in [4.78, 5) is 0. The maximum absolute atomic E-state index is 12.0. The topological polar surface area (TPSA) is 90.7 Å². The fourth-order valence-electron chi connectivity index (χ4n) is 2.27. The number of sulfone groups is 1. The smallest absolute Gasteiger partial charge is 0.161 e. The van der Waals surface area contributed by atoms with Crippen LogP contribution in [0.4, 0.5) is 0 Å². The Morgan fingerprint density at radius 1 is 1.24 bits per heavy atom. The van der Waals surface area contributed by atoms with Crippen LogP contribution in [0.1, 0.15) is 31.9 Å². The summed E-state index contributed by atoms with van der Waals surface area (Å²) in [7, 11) is -3.30. The fourth-order valence-corrected chi connectivity index (χ4v) is 2.90. The Kier molecular flexibility index (Phi) is 4.46. The second-order valence-corrected chi connectivity index (χ2v) is 8.33. The largest absolute Gasteiger partial charge is 0.490 e. The van der Waals surface area contributed by atoms with Gasteiger partial charge in [-0.15, -0.1) is 0 Å². The van der Waals surface area contributed by atoms with Crippen molar-refractivity contribution in [2.75, 3.05) is 19.5 Å². The van der Waals surface area contributed by atoms with Crippen LogP contribution in [0.25, 0.3) is 0 Å². The lowest BCUT2D eigenvalue weighted by atomic mass is 9.95. The minimum atomic E-state index is -3.30. The van der Waals surface area contributed by atoms with Crippen LogP contribution in [0.5, 0.6) is 11.5 Å². The lowest BCUT2D eigenvalue weighted by Gasteiger charge is -2.32. The molecular weight excluding hydrogens is 292 g/mol. The van der Waals surface area contributed by atoms with E-state index >= 15 is 0 Å². The van der Waals surface area contributed by atoms with Gasteiger partial charge in [0.05, 0.1) is 24.0 Å². The molecule has 0 aliphatic carbocycles. The Bertz CT molecular complexity index is 613. The van der Waals surface area contributed by atoms with Crippen LogP contribution in [0.3, 0.4) is 0 Å². The standard InChI is InChI=1S/C14H22N2O4S/c1-14(2,21(3,17)18)13(16-15)10-5-6-11-12(9-10)20-8-4-7-19-11/h5-6,9,13,16H,4,7-8,15H2,1-3H3. The SMILES string of the molecule is CC(C)(C(NN)c1ccc2c(c1)OCCCO2)S(C)(=O)=O. The van der Waals surface area contributed by atoms with E-state index < -0.39 is 20.6 Å². The maximum atomic E-state index is 12.0. The van der Waals surface area contributed by atoms with Crippen molar-refractivity contribution >= 4 is 9.84 Å². The van der Waals surface area contributed by atoms with E-state index in [1.807, 2.05) is 6.07 Å². The number of hydrogen-bond donors (Lipinski definition) is 2. The van der Waals surface area contributed by atoms with E-state index in [0.29, 0.717) is 24.7 Å². The Labute approximate surface area is 125 Å². The first kappa shape index (κ1) is 16.1. The molecule has 21 heavy (non-hydrogen) atoms. The second-order valence-electron chi connectivity index (χ2n) is 5.73. The molecule has 1 aliphatic heterocycles. The minimum Gasteiger partial charge on any atom is -0.490 e. The normalized spacial score (nSPS) is 17.1. The number of fused-ring (bicyclic) bond motifs is 1. The molecule has 1 aromatic rings. The van der Waals surface area contributed by atoms with Gasteiger partial charge in [0, 0.05) is 12.7 Å². The number of hydrogen-bond acceptors (Lipinski definition) is 6. The van der Waals surface area contributed by atoms with Gasteiger partial charge >= 0.3 is 0 Å². The third-order valence-corrected chi connectivity index (χ3v) is 6.07. The van der Waals surface area contributed by atoms with Gasteiger partial charge in [0.1, 0.15) is 0 Å². The molecule has 1 aromatic carbocycles. The van der Waals surface area contributed by atoms with Gasteiger partial charge in [-0.05, 0) is 31.5 Å². The van der Waals surface area contributed by atoms with E-state index in [-0.39, 0.29) is 0 Å². The molecule has 1 aliphatic rings. The van der Waals surface area contributed by atoms with Crippen molar-refractivity contribution in [1.82, 2.24) is 5.43 Å². The number of nitrogens with two attached hydrogens (primary N) is 1. The van der Waals surface area contributed by atoms with Crippen LogP contribution in [0.2, 0.25) is 0 Å². The van der Waals surface area contributed by atoms with Crippen molar-refractivity contribution in [3.8, 4) is 11.5 Å². The Morgan fingerprint density at radius 3 is 2.43 bits per heavy atom. The molecular formula is C14H22N2O4S. The minimum absolute atomic E-state index is 0.551. The van der Waals surface area contributed by atoms with Gasteiger partial charge in [0.15, 0.2) is 21.3 Å². The fraction of sp³-hybridized carbons (Fsp3) is 0.571. The highest BCUT2D eigenvalue weighted by atomic mass is 32.2. The molecule has 0 saturated heterocycles. The quantitative estimate of drug-likeness (QED) is 0.640. The van der Waals surface area contributed by atoms with Gasteiger partial charge in [-0.3, -0.25) is 11.3 Å². The molecule has 6 nitrogen and oxygen atoms in total. The van der Waals surface area contributed by atoms with Gasteiger partial charge in [-0.25, -0.2) is 8.42 Å². The number of benzene rings is 1. The molecule has 1 unspecified atom stereocenters. The van der Waals surface area contributed by atoms with E-state index in [4.69, 9.17) is 15.3 Å². The van der Waals surface area contributed by atoms with Crippen LogP contribution in [0, 0.1) is 0 Å². The van der Waals surface area contributed by atoms with E-state index in [0.717, 1.165) is 12.0 Å². The van der Waals surface area contributed by atoms with E-state index in [2.05, 4.69) is 5.43 Å². The molecule has 1 heterocycles. The predicted molar refractivity (Wildman–Crippen MR) is 81.0 cm³/mol. The summed E-state index contributed by atoms with van der Waals surface area (Å²) in [5.74, 6) is 6.90. The third-order valence-electron chi connectivity index (χ3n) is 3.92. The average Bonchev–Trinajstić information content (AvgIpc) is 2.62. The zero-order valence-electron chi connectivity index (χ0n) is 12.5. The molecule has 0 aromatic heterocycles. The highest BCUT2D eigenvalue weighted by Crippen LogP contribution is 2.37. The summed E-state index contributed by atoms with van der Waals surface area (Å²) in [5.41, 5.74) is 3.36. The van der Waals surface area contributed by atoms with Gasteiger partial charge in [0.2, 0.25) is 0 Å². The number of rotatable bonds is 4. The summed E-state index contributed by atoms with van der Waals surface area (Å²) in [6, 6.07) is 4.84. The van der Waals surface area contributed by atoms with Crippen LogP contribution >= 0.6 is 0 Å². The summed E-state index contributed by atoms with van der Waals surface area (Å²) >= 11 is 0. The van der Waals surface area contributed by atoms with Crippen molar-refractivity contribution in [2.24, 2.45) is 5.84 Å². The third kappa shape index (κ3) is 3.14. The number of hydrazine groups is 1. The monoisotopic (exact) mass is 314 g/mol. The number of nitrogens with one attached hydrogen (secondary N) is 1. The van der Waals surface area contributed by atoms with Gasteiger partial charge < -0.3 is 9.47 Å². The van der Waals surface area contributed by atoms with E-state index in [9.17, 15) is 8.42 Å². The molecule has 1 atom stereocenters. The van der Waals surface area contributed by atoms with Crippen molar-refractivity contribution < 1.29 is 17.9 Å². The highest BCUT2D eigenvalue weighted by Gasteiger charge is 2.39. The molecule has 0 bridgehead atoms.